The van der Waals surface area contributed by atoms with Crippen LogP contribution in [0.1, 0.15) is 18.9 Å². The van der Waals surface area contributed by atoms with Gasteiger partial charge in [-0.15, -0.1) is 0 Å². The predicted molar refractivity (Wildman–Crippen MR) is 92.5 cm³/mol. The quantitative estimate of drug-likeness (QED) is 0.814. The molecule has 1 N–H and O–H groups in total. The van der Waals surface area contributed by atoms with Crippen molar-refractivity contribution in [2.45, 2.75) is 20.3 Å². The van der Waals surface area contributed by atoms with Crippen LogP contribution in [0.4, 0.5) is 5.69 Å². The molecule has 1 amide bonds. The molecular formula is C18H20ClNO3. The highest BCUT2D eigenvalue weighted by Gasteiger charge is 2.06. The molecule has 0 aliphatic rings. The molecule has 0 aliphatic heterocycles. The monoisotopic (exact) mass is 333 g/mol. The van der Waals surface area contributed by atoms with Gasteiger partial charge in [0.1, 0.15) is 11.5 Å². The number of hydrogen-bond acceptors (Lipinski definition) is 3. The average molecular weight is 334 g/mol. The molecule has 0 unspecified atom stereocenters. The lowest BCUT2D eigenvalue weighted by Crippen LogP contribution is -2.20. The molecule has 0 heterocycles. The fourth-order valence-corrected chi connectivity index (χ4v) is 2.20. The first kappa shape index (κ1) is 17.2. The number of aryl methyl sites for hydroxylation is 1. The molecule has 0 saturated heterocycles. The molecule has 0 aliphatic carbocycles. The van der Waals surface area contributed by atoms with Gasteiger partial charge in [-0.2, -0.15) is 0 Å². The van der Waals surface area contributed by atoms with Crippen molar-refractivity contribution in [2.75, 3.05) is 18.5 Å². The molecule has 4 nitrogen and oxygen atoms in total. The Balaban J connectivity index is 1.84. The van der Waals surface area contributed by atoms with Crippen molar-refractivity contribution in [1.82, 2.24) is 0 Å². The fourth-order valence-electron chi connectivity index (χ4n) is 1.97. The molecule has 122 valence electrons. The largest absolute Gasteiger partial charge is 0.494 e. The Kier molecular flexibility index (Phi) is 6.29. The van der Waals surface area contributed by atoms with Crippen LogP contribution in [-0.2, 0) is 4.79 Å². The highest BCUT2D eigenvalue weighted by molar-refractivity contribution is 6.30. The standard InChI is InChI=1S/C18H20ClNO3/c1-3-10-22-16-7-5-15(6-8-16)20-18(21)12-23-17-9-4-14(19)11-13(17)2/h4-9,11H,3,10,12H2,1-2H3,(H,20,21). The molecule has 2 aromatic rings. The minimum absolute atomic E-state index is 0.0590. The molecule has 0 atom stereocenters. The minimum atomic E-state index is -0.221. The Morgan fingerprint density at radius 3 is 2.52 bits per heavy atom. The van der Waals surface area contributed by atoms with Crippen LogP contribution in [0.15, 0.2) is 42.5 Å². The maximum atomic E-state index is 11.9. The molecule has 23 heavy (non-hydrogen) atoms. The van der Waals surface area contributed by atoms with Gasteiger partial charge in [-0.25, -0.2) is 0 Å². The predicted octanol–water partition coefficient (Wildman–Crippen LogP) is 4.45. The number of benzene rings is 2. The first-order valence-electron chi connectivity index (χ1n) is 7.50. The van der Waals surface area contributed by atoms with Crippen LogP contribution in [0.5, 0.6) is 11.5 Å². The summed E-state index contributed by atoms with van der Waals surface area (Å²) in [5, 5.41) is 3.42. The Morgan fingerprint density at radius 1 is 1.13 bits per heavy atom. The second-order valence-electron chi connectivity index (χ2n) is 5.12. The summed E-state index contributed by atoms with van der Waals surface area (Å²) in [7, 11) is 0. The minimum Gasteiger partial charge on any atom is -0.494 e. The Hall–Kier alpha value is -2.20. The van der Waals surface area contributed by atoms with Crippen molar-refractivity contribution in [2.24, 2.45) is 0 Å². The second-order valence-corrected chi connectivity index (χ2v) is 5.56. The van der Waals surface area contributed by atoms with Crippen molar-refractivity contribution < 1.29 is 14.3 Å². The summed E-state index contributed by atoms with van der Waals surface area (Å²) in [6, 6.07) is 12.5. The molecule has 0 saturated carbocycles. The van der Waals surface area contributed by atoms with E-state index in [2.05, 4.69) is 12.2 Å². The van der Waals surface area contributed by atoms with Gasteiger partial charge >= 0.3 is 0 Å². The molecule has 0 spiro atoms. The molecular weight excluding hydrogens is 314 g/mol. The van der Waals surface area contributed by atoms with Crippen LogP contribution in [0.3, 0.4) is 0 Å². The van der Waals surface area contributed by atoms with E-state index in [4.69, 9.17) is 21.1 Å². The zero-order chi connectivity index (χ0) is 16.7. The van der Waals surface area contributed by atoms with Gasteiger partial charge in [-0.1, -0.05) is 18.5 Å². The molecule has 0 radical (unpaired) electrons. The zero-order valence-corrected chi connectivity index (χ0v) is 14.0. The second kappa shape index (κ2) is 8.44. The summed E-state index contributed by atoms with van der Waals surface area (Å²) in [5.41, 5.74) is 1.60. The van der Waals surface area contributed by atoms with Gasteiger partial charge in [0, 0.05) is 10.7 Å². The number of ether oxygens (including phenoxy) is 2. The van der Waals surface area contributed by atoms with E-state index >= 15 is 0 Å². The molecule has 2 rings (SSSR count). The molecule has 0 fully saturated rings. The van der Waals surface area contributed by atoms with Crippen LogP contribution in [0, 0.1) is 6.92 Å². The van der Waals surface area contributed by atoms with Gasteiger partial charge in [-0.05, 0) is 61.4 Å². The Labute approximate surface area is 141 Å². The molecule has 2 aromatic carbocycles. The molecule has 0 aromatic heterocycles. The maximum absolute atomic E-state index is 11.9. The number of hydrogen-bond donors (Lipinski definition) is 1. The maximum Gasteiger partial charge on any atom is 0.262 e. The fraction of sp³-hybridized carbons (Fsp3) is 0.278. The molecule has 5 heteroatoms. The third kappa shape index (κ3) is 5.49. The third-order valence-corrected chi connectivity index (χ3v) is 3.34. The van der Waals surface area contributed by atoms with Gasteiger partial charge in [0.05, 0.1) is 6.61 Å². The highest BCUT2D eigenvalue weighted by atomic mass is 35.5. The summed E-state index contributed by atoms with van der Waals surface area (Å²) < 4.78 is 11.0. The van der Waals surface area contributed by atoms with Crippen LogP contribution in [0.2, 0.25) is 5.02 Å². The molecule has 0 bridgehead atoms. The number of carbonyl (C=O) groups is 1. The smallest absolute Gasteiger partial charge is 0.262 e. The van der Waals surface area contributed by atoms with Crippen molar-refractivity contribution in [3.05, 3.63) is 53.1 Å². The normalized spacial score (nSPS) is 10.2. The summed E-state index contributed by atoms with van der Waals surface area (Å²) in [6.07, 6.45) is 0.958. The third-order valence-electron chi connectivity index (χ3n) is 3.11. The zero-order valence-electron chi connectivity index (χ0n) is 13.3. The lowest BCUT2D eigenvalue weighted by atomic mass is 10.2. The summed E-state index contributed by atoms with van der Waals surface area (Å²) in [5.74, 6) is 1.22. The summed E-state index contributed by atoms with van der Waals surface area (Å²) >= 11 is 5.89. The van der Waals surface area contributed by atoms with E-state index in [1.54, 1.807) is 30.3 Å². The lowest BCUT2D eigenvalue weighted by molar-refractivity contribution is -0.118. The SMILES string of the molecule is CCCOc1ccc(NC(=O)COc2ccc(Cl)cc2C)cc1. The summed E-state index contributed by atoms with van der Waals surface area (Å²) in [6.45, 7) is 4.56. The first-order chi connectivity index (χ1) is 11.1. The Morgan fingerprint density at radius 2 is 1.87 bits per heavy atom. The number of halogens is 1. The highest BCUT2D eigenvalue weighted by Crippen LogP contribution is 2.22. The van der Waals surface area contributed by atoms with Crippen LogP contribution in [-0.4, -0.2) is 19.1 Å². The van der Waals surface area contributed by atoms with Crippen molar-refractivity contribution in [1.29, 1.82) is 0 Å². The number of carbonyl (C=O) groups excluding carboxylic acids is 1. The van der Waals surface area contributed by atoms with Gasteiger partial charge in [-0.3, -0.25) is 4.79 Å². The van der Waals surface area contributed by atoms with Gasteiger partial charge in [0.2, 0.25) is 0 Å². The van der Waals surface area contributed by atoms with Crippen LogP contribution >= 0.6 is 11.6 Å². The van der Waals surface area contributed by atoms with E-state index in [0.717, 1.165) is 17.7 Å². The first-order valence-corrected chi connectivity index (χ1v) is 7.88. The number of rotatable bonds is 7. The average Bonchev–Trinajstić information content (AvgIpc) is 2.53. The van der Waals surface area contributed by atoms with Crippen LogP contribution < -0.4 is 14.8 Å². The van der Waals surface area contributed by atoms with E-state index in [1.807, 2.05) is 19.1 Å². The van der Waals surface area contributed by atoms with E-state index in [0.29, 0.717) is 23.1 Å². The van der Waals surface area contributed by atoms with E-state index in [1.165, 1.54) is 0 Å². The lowest BCUT2D eigenvalue weighted by Gasteiger charge is -2.10. The van der Waals surface area contributed by atoms with Gasteiger partial charge in [0.25, 0.3) is 5.91 Å². The van der Waals surface area contributed by atoms with Gasteiger partial charge in [0.15, 0.2) is 6.61 Å². The number of anilines is 1. The van der Waals surface area contributed by atoms with Crippen molar-refractivity contribution in [3.8, 4) is 11.5 Å². The van der Waals surface area contributed by atoms with Crippen molar-refractivity contribution >= 4 is 23.2 Å². The van der Waals surface area contributed by atoms with Gasteiger partial charge < -0.3 is 14.8 Å². The van der Waals surface area contributed by atoms with Crippen LogP contribution in [0.25, 0.3) is 0 Å². The number of amides is 1. The van der Waals surface area contributed by atoms with Crippen molar-refractivity contribution in [3.63, 3.8) is 0 Å². The summed E-state index contributed by atoms with van der Waals surface area (Å²) in [4.78, 5) is 11.9. The Bertz CT molecular complexity index is 656. The van der Waals surface area contributed by atoms with E-state index in [9.17, 15) is 4.79 Å². The van der Waals surface area contributed by atoms with E-state index < -0.39 is 0 Å². The topological polar surface area (TPSA) is 47.6 Å². The number of nitrogens with one attached hydrogen (secondary N) is 1. The van der Waals surface area contributed by atoms with E-state index in [-0.39, 0.29) is 12.5 Å².